The Balaban J connectivity index is 1.65. The van der Waals surface area contributed by atoms with Crippen LogP contribution in [0.15, 0.2) is 30.3 Å². The van der Waals surface area contributed by atoms with Gasteiger partial charge < -0.3 is 14.6 Å². The first-order valence-corrected chi connectivity index (χ1v) is 9.19. The van der Waals surface area contributed by atoms with Gasteiger partial charge >= 0.3 is 5.97 Å². The second-order valence-electron chi connectivity index (χ2n) is 7.98. The van der Waals surface area contributed by atoms with Crippen molar-refractivity contribution in [2.75, 3.05) is 32.8 Å². The highest BCUT2D eigenvalue weighted by Crippen LogP contribution is 2.43. The van der Waals surface area contributed by atoms with Crippen LogP contribution in [0.25, 0.3) is 0 Å². The van der Waals surface area contributed by atoms with Crippen molar-refractivity contribution in [3.8, 4) is 5.75 Å². The Kier molecular flexibility index (Phi) is 5.35. The molecule has 0 spiro atoms. The van der Waals surface area contributed by atoms with Gasteiger partial charge in [-0.25, -0.2) is 0 Å². The third-order valence-electron chi connectivity index (χ3n) is 5.55. The van der Waals surface area contributed by atoms with Crippen molar-refractivity contribution in [2.24, 2.45) is 11.3 Å². The smallest absolute Gasteiger partial charge is 0.311 e. The van der Waals surface area contributed by atoms with Gasteiger partial charge in [-0.05, 0) is 57.7 Å². The average Bonchev–Trinajstić information content (AvgIpc) is 3.00. The van der Waals surface area contributed by atoms with Gasteiger partial charge in [-0.3, -0.25) is 9.69 Å². The van der Waals surface area contributed by atoms with E-state index in [1.165, 1.54) is 0 Å². The fraction of sp³-hybridized carbons (Fsp3) is 0.650. The van der Waals surface area contributed by atoms with Crippen LogP contribution in [0.1, 0.15) is 33.1 Å². The fourth-order valence-electron chi connectivity index (χ4n) is 4.36. The molecule has 5 heteroatoms. The predicted octanol–water partition coefficient (Wildman–Crippen LogP) is 3.05. The van der Waals surface area contributed by atoms with Gasteiger partial charge in [0.15, 0.2) is 0 Å². The maximum Gasteiger partial charge on any atom is 0.311 e. The molecule has 1 aromatic rings. The highest BCUT2D eigenvalue weighted by Gasteiger charge is 2.51. The molecule has 0 bridgehead atoms. The van der Waals surface area contributed by atoms with E-state index in [-0.39, 0.29) is 11.5 Å². The summed E-state index contributed by atoms with van der Waals surface area (Å²) in [7, 11) is 0. The lowest BCUT2D eigenvalue weighted by molar-refractivity contribution is -0.154. The number of carbonyl (C=O) groups is 1. The molecule has 1 atom stereocenters. The molecule has 1 aromatic carbocycles. The van der Waals surface area contributed by atoms with E-state index in [4.69, 9.17) is 9.47 Å². The number of aliphatic carboxylic acids is 1. The first-order valence-electron chi connectivity index (χ1n) is 9.19. The van der Waals surface area contributed by atoms with Crippen LogP contribution in [-0.2, 0) is 9.53 Å². The topological polar surface area (TPSA) is 59.0 Å². The van der Waals surface area contributed by atoms with Gasteiger partial charge in [0.1, 0.15) is 11.4 Å². The minimum absolute atomic E-state index is 0.210. The zero-order valence-corrected chi connectivity index (χ0v) is 15.2. The first kappa shape index (κ1) is 18.2. The molecule has 2 saturated heterocycles. The van der Waals surface area contributed by atoms with Gasteiger partial charge in [0.05, 0.1) is 5.41 Å². The highest BCUT2D eigenvalue weighted by molar-refractivity contribution is 5.76. The Morgan fingerprint density at radius 1 is 1.32 bits per heavy atom. The van der Waals surface area contributed by atoms with Crippen LogP contribution in [0.5, 0.6) is 5.75 Å². The normalized spacial score (nSPS) is 25.8. The Bertz CT molecular complexity index is 583. The monoisotopic (exact) mass is 347 g/mol. The average molecular weight is 347 g/mol. The van der Waals surface area contributed by atoms with Crippen molar-refractivity contribution in [2.45, 2.75) is 38.7 Å². The van der Waals surface area contributed by atoms with E-state index in [9.17, 15) is 9.90 Å². The van der Waals surface area contributed by atoms with Gasteiger partial charge in [-0.1, -0.05) is 18.2 Å². The van der Waals surface area contributed by atoms with E-state index < -0.39 is 11.4 Å². The zero-order valence-electron chi connectivity index (χ0n) is 15.2. The van der Waals surface area contributed by atoms with Gasteiger partial charge in [0.25, 0.3) is 0 Å². The van der Waals surface area contributed by atoms with E-state index in [2.05, 4.69) is 18.7 Å². The van der Waals surface area contributed by atoms with Crippen molar-refractivity contribution in [1.82, 2.24) is 4.90 Å². The van der Waals surface area contributed by atoms with Crippen LogP contribution < -0.4 is 4.74 Å². The van der Waals surface area contributed by atoms with E-state index >= 15 is 0 Å². The summed E-state index contributed by atoms with van der Waals surface area (Å²) in [6, 6.07) is 9.80. The Hall–Kier alpha value is -1.59. The van der Waals surface area contributed by atoms with Crippen molar-refractivity contribution in [3.63, 3.8) is 0 Å². The molecule has 1 N–H and O–H groups in total. The lowest BCUT2D eigenvalue weighted by Gasteiger charge is -2.37. The maximum absolute atomic E-state index is 12.1. The van der Waals surface area contributed by atoms with Crippen LogP contribution in [0.3, 0.4) is 0 Å². The molecule has 0 radical (unpaired) electrons. The maximum atomic E-state index is 12.1. The number of likely N-dealkylation sites (tertiary alicyclic amines) is 1. The molecule has 25 heavy (non-hydrogen) atoms. The lowest BCUT2D eigenvalue weighted by Crippen LogP contribution is -2.46. The van der Waals surface area contributed by atoms with Gasteiger partial charge in [0.2, 0.25) is 0 Å². The summed E-state index contributed by atoms with van der Waals surface area (Å²) in [5, 5.41) is 9.97. The van der Waals surface area contributed by atoms with Crippen LogP contribution in [0, 0.1) is 11.3 Å². The van der Waals surface area contributed by atoms with E-state index in [1.54, 1.807) is 0 Å². The third-order valence-corrected chi connectivity index (χ3v) is 5.55. The molecule has 138 valence electrons. The minimum Gasteiger partial charge on any atom is -0.487 e. The molecule has 2 fully saturated rings. The second kappa shape index (κ2) is 7.34. The molecule has 5 nitrogen and oxygen atoms in total. The molecule has 0 aliphatic carbocycles. The summed E-state index contributed by atoms with van der Waals surface area (Å²) in [5.41, 5.74) is -1.00. The molecule has 2 aliphatic heterocycles. The lowest BCUT2D eigenvalue weighted by atomic mass is 9.71. The first-order chi connectivity index (χ1) is 11.9. The molecule has 1 unspecified atom stereocenters. The van der Waals surface area contributed by atoms with E-state index in [0.29, 0.717) is 26.2 Å². The fourth-order valence-corrected chi connectivity index (χ4v) is 4.36. The van der Waals surface area contributed by atoms with Crippen LogP contribution >= 0.6 is 0 Å². The summed E-state index contributed by atoms with van der Waals surface area (Å²) in [4.78, 5) is 14.4. The van der Waals surface area contributed by atoms with E-state index in [1.807, 2.05) is 30.3 Å². The number of para-hydroxylation sites is 1. The number of benzene rings is 1. The minimum atomic E-state index is -0.649. The number of nitrogens with zero attached hydrogens (tertiary/aromatic N) is 1. The molecular formula is C20H29NO4. The van der Waals surface area contributed by atoms with E-state index in [0.717, 1.165) is 31.7 Å². The molecule has 0 aromatic heterocycles. The Labute approximate surface area is 149 Å². The predicted molar refractivity (Wildman–Crippen MR) is 95.8 cm³/mol. The molecule has 2 heterocycles. The Morgan fingerprint density at radius 3 is 2.64 bits per heavy atom. The summed E-state index contributed by atoms with van der Waals surface area (Å²) in [5.74, 6) is 0.409. The number of hydrogen-bond acceptors (Lipinski definition) is 4. The standard InChI is InChI=1S/C20H29NO4/c1-19(2,25-17-6-4-3-5-7-17)14-21-11-10-20(15-21,18(22)23)16-8-12-24-13-9-16/h3-7,16H,8-15H2,1-2H3,(H,22,23). The van der Waals surface area contributed by atoms with Crippen molar-refractivity contribution in [1.29, 1.82) is 0 Å². The van der Waals surface area contributed by atoms with Gasteiger partial charge in [0, 0.05) is 26.3 Å². The van der Waals surface area contributed by atoms with Crippen LogP contribution in [0.4, 0.5) is 0 Å². The summed E-state index contributed by atoms with van der Waals surface area (Å²) in [6.07, 6.45) is 2.42. The van der Waals surface area contributed by atoms with Crippen molar-refractivity contribution < 1.29 is 19.4 Å². The van der Waals surface area contributed by atoms with Gasteiger partial charge in [-0.15, -0.1) is 0 Å². The molecule has 3 rings (SSSR count). The number of carboxylic acid groups (broad SMARTS) is 1. The van der Waals surface area contributed by atoms with Crippen molar-refractivity contribution >= 4 is 5.97 Å². The molecule has 0 saturated carbocycles. The number of carboxylic acids is 1. The van der Waals surface area contributed by atoms with Crippen LogP contribution in [-0.4, -0.2) is 54.4 Å². The molecular weight excluding hydrogens is 318 g/mol. The highest BCUT2D eigenvalue weighted by atomic mass is 16.5. The Morgan fingerprint density at radius 2 is 2.00 bits per heavy atom. The zero-order chi connectivity index (χ0) is 17.9. The van der Waals surface area contributed by atoms with Crippen LogP contribution in [0.2, 0.25) is 0 Å². The van der Waals surface area contributed by atoms with Crippen molar-refractivity contribution in [3.05, 3.63) is 30.3 Å². The number of ether oxygens (including phenoxy) is 2. The SMILES string of the molecule is CC(C)(CN1CCC(C(=O)O)(C2CCOCC2)C1)Oc1ccccc1. The number of hydrogen-bond donors (Lipinski definition) is 1. The quantitative estimate of drug-likeness (QED) is 0.857. The molecule has 2 aliphatic rings. The number of rotatable bonds is 6. The molecule has 0 amide bonds. The second-order valence-corrected chi connectivity index (χ2v) is 7.98. The summed E-state index contributed by atoms with van der Waals surface area (Å²) < 4.78 is 11.6. The third kappa shape index (κ3) is 4.15. The van der Waals surface area contributed by atoms with Gasteiger partial charge in [-0.2, -0.15) is 0 Å². The largest absolute Gasteiger partial charge is 0.487 e. The summed E-state index contributed by atoms with van der Waals surface area (Å²) in [6.45, 7) is 7.63. The summed E-state index contributed by atoms with van der Waals surface area (Å²) >= 11 is 0.